The summed E-state index contributed by atoms with van der Waals surface area (Å²) < 4.78 is 0. The smallest absolute Gasteiger partial charge is 0.0456 e. The quantitative estimate of drug-likeness (QED) is 0.874. The summed E-state index contributed by atoms with van der Waals surface area (Å²) in [5.74, 6) is 0. The zero-order valence-corrected chi connectivity index (χ0v) is 11.2. The highest BCUT2D eigenvalue weighted by molar-refractivity contribution is 5.83. The lowest BCUT2D eigenvalue weighted by atomic mass is 10.0. The van der Waals surface area contributed by atoms with Crippen LogP contribution in [0.1, 0.15) is 18.4 Å². The van der Waals surface area contributed by atoms with Gasteiger partial charge in [0.1, 0.15) is 0 Å². The number of H-pyrrole nitrogens is 1. The maximum atomic E-state index is 5.93. The minimum Gasteiger partial charge on any atom is -0.412 e. The van der Waals surface area contributed by atoms with Crippen LogP contribution in [-0.2, 0) is 6.42 Å². The van der Waals surface area contributed by atoms with Crippen LogP contribution < -0.4 is 5.73 Å². The first-order valence-electron chi connectivity index (χ1n) is 6.86. The highest BCUT2D eigenvalue weighted by Gasteiger charge is 2.15. The summed E-state index contributed by atoms with van der Waals surface area (Å²) in [4.78, 5) is 5.88. The van der Waals surface area contributed by atoms with E-state index in [2.05, 4.69) is 40.3 Å². The molecule has 5 N–H and O–H groups in total. The van der Waals surface area contributed by atoms with Gasteiger partial charge in [0.15, 0.2) is 0 Å². The topological polar surface area (TPSA) is 76.5 Å². The van der Waals surface area contributed by atoms with Crippen molar-refractivity contribution in [2.75, 3.05) is 19.6 Å². The molecule has 1 aromatic heterocycles. The van der Waals surface area contributed by atoms with Gasteiger partial charge in [-0.2, -0.15) is 0 Å². The number of benzene rings is 1. The minimum atomic E-state index is 0. The standard InChI is InChI=1S/C15H21N3.H2O/c16-13-6-9-18(10-7-13)8-5-12-11-17-15-4-2-1-3-14(12)15;/h1-4,11,13,17H,5-10,16H2;1H2. The van der Waals surface area contributed by atoms with Gasteiger partial charge in [-0.15, -0.1) is 0 Å². The van der Waals surface area contributed by atoms with E-state index in [0.29, 0.717) is 6.04 Å². The summed E-state index contributed by atoms with van der Waals surface area (Å²) in [6.07, 6.45) is 5.57. The SMILES string of the molecule is NC1CCN(CCc2c[nH]c3ccccc23)CC1.O. The van der Waals surface area contributed by atoms with E-state index in [1.807, 2.05) is 0 Å². The molecular weight excluding hydrogens is 238 g/mol. The van der Waals surface area contributed by atoms with Crippen LogP contribution in [0.2, 0.25) is 0 Å². The van der Waals surface area contributed by atoms with E-state index in [9.17, 15) is 0 Å². The highest BCUT2D eigenvalue weighted by Crippen LogP contribution is 2.19. The normalized spacial score (nSPS) is 17.5. The van der Waals surface area contributed by atoms with Crippen molar-refractivity contribution in [1.29, 1.82) is 0 Å². The number of hydrogen-bond acceptors (Lipinski definition) is 2. The Kier molecular flexibility index (Phi) is 4.58. The molecule has 0 bridgehead atoms. The predicted molar refractivity (Wildman–Crippen MR) is 79.3 cm³/mol. The van der Waals surface area contributed by atoms with Gasteiger partial charge in [-0.3, -0.25) is 0 Å². The van der Waals surface area contributed by atoms with Crippen LogP contribution in [-0.4, -0.2) is 41.0 Å². The molecule has 3 rings (SSSR count). The van der Waals surface area contributed by atoms with Gasteiger partial charge < -0.3 is 21.1 Å². The minimum absolute atomic E-state index is 0. The number of hydrogen-bond donors (Lipinski definition) is 2. The largest absolute Gasteiger partial charge is 0.412 e. The zero-order valence-electron chi connectivity index (χ0n) is 11.2. The highest BCUT2D eigenvalue weighted by atomic mass is 16.0. The number of fused-ring (bicyclic) bond motifs is 1. The van der Waals surface area contributed by atoms with Gasteiger partial charge >= 0.3 is 0 Å². The fourth-order valence-corrected chi connectivity index (χ4v) is 2.79. The van der Waals surface area contributed by atoms with Gasteiger partial charge in [0.05, 0.1) is 0 Å². The number of nitrogens with two attached hydrogens (primary N) is 1. The molecule has 2 aromatic rings. The van der Waals surface area contributed by atoms with Crippen LogP contribution >= 0.6 is 0 Å². The Morgan fingerprint density at radius 1 is 1.21 bits per heavy atom. The molecule has 4 heteroatoms. The van der Waals surface area contributed by atoms with Crippen LogP contribution in [0.3, 0.4) is 0 Å². The Bertz CT molecular complexity index is 515. The zero-order chi connectivity index (χ0) is 12.4. The number of rotatable bonds is 3. The number of nitrogens with one attached hydrogen (secondary N) is 1. The molecule has 0 unspecified atom stereocenters. The van der Waals surface area contributed by atoms with E-state index in [4.69, 9.17) is 5.73 Å². The number of para-hydroxylation sites is 1. The first kappa shape index (κ1) is 14.1. The molecule has 1 aliphatic rings. The molecular formula is C15H23N3O. The molecule has 2 heterocycles. The van der Waals surface area contributed by atoms with Gasteiger partial charge in [0, 0.05) is 29.7 Å². The molecule has 104 valence electrons. The predicted octanol–water partition coefficient (Wildman–Crippen LogP) is 1.31. The molecule has 0 aliphatic carbocycles. The molecule has 1 aromatic carbocycles. The molecule has 19 heavy (non-hydrogen) atoms. The van der Waals surface area contributed by atoms with Crippen molar-refractivity contribution in [1.82, 2.24) is 9.88 Å². The average Bonchev–Trinajstić information content (AvgIpc) is 2.82. The maximum absolute atomic E-state index is 5.93. The number of piperidine rings is 1. The Balaban J connectivity index is 0.00000133. The van der Waals surface area contributed by atoms with Crippen LogP contribution in [0.25, 0.3) is 10.9 Å². The summed E-state index contributed by atoms with van der Waals surface area (Å²) in [7, 11) is 0. The lowest BCUT2D eigenvalue weighted by Crippen LogP contribution is -2.40. The molecule has 1 saturated heterocycles. The number of aromatic nitrogens is 1. The molecule has 4 nitrogen and oxygen atoms in total. The third-order valence-electron chi connectivity index (χ3n) is 4.00. The Labute approximate surface area is 113 Å². The average molecular weight is 261 g/mol. The maximum Gasteiger partial charge on any atom is 0.0456 e. The van der Waals surface area contributed by atoms with Crippen LogP contribution in [0.4, 0.5) is 0 Å². The second-order valence-corrected chi connectivity index (χ2v) is 5.29. The summed E-state index contributed by atoms with van der Waals surface area (Å²) in [5.41, 5.74) is 8.61. The fourth-order valence-electron chi connectivity index (χ4n) is 2.79. The molecule has 0 saturated carbocycles. The van der Waals surface area contributed by atoms with E-state index in [1.54, 1.807) is 0 Å². The van der Waals surface area contributed by atoms with Gasteiger partial charge in [-0.05, 0) is 44.0 Å². The van der Waals surface area contributed by atoms with Crippen LogP contribution in [0.15, 0.2) is 30.5 Å². The van der Waals surface area contributed by atoms with Crippen LogP contribution in [0.5, 0.6) is 0 Å². The monoisotopic (exact) mass is 261 g/mol. The Hall–Kier alpha value is -1.36. The number of likely N-dealkylation sites (tertiary alicyclic amines) is 1. The molecule has 0 spiro atoms. The van der Waals surface area contributed by atoms with E-state index in [0.717, 1.165) is 38.9 Å². The second-order valence-electron chi connectivity index (χ2n) is 5.29. The first-order chi connectivity index (χ1) is 8.83. The molecule has 1 fully saturated rings. The summed E-state index contributed by atoms with van der Waals surface area (Å²) >= 11 is 0. The molecule has 1 aliphatic heterocycles. The summed E-state index contributed by atoms with van der Waals surface area (Å²) in [6.45, 7) is 3.46. The summed E-state index contributed by atoms with van der Waals surface area (Å²) in [5, 5.41) is 1.37. The van der Waals surface area contributed by atoms with Crippen molar-refractivity contribution in [3.05, 3.63) is 36.0 Å². The van der Waals surface area contributed by atoms with Crippen molar-refractivity contribution in [2.24, 2.45) is 5.73 Å². The van der Waals surface area contributed by atoms with Crippen LogP contribution in [0, 0.1) is 0 Å². The lowest BCUT2D eigenvalue weighted by molar-refractivity contribution is 0.216. The number of nitrogens with zero attached hydrogens (tertiary/aromatic N) is 1. The molecule has 0 atom stereocenters. The third kappa shape index (κ3) is 3.15. The Morgan fingerprint density at radius 2 is 1.95 bits per heavy atom. The lowest BCUT2D eigenvalue weighted by Gasteiger charge is -2.29. The third-order valence-corrected chi connectivity index (χ3v) is 4.00. The van der Waals surface area contributed by atoms with Gasteiger partial charge in [0.25, 0.3) is 0 Å². The van der Waals surface area contributed by atoms with E-state index in [1.165, 1.54) is 16.5 Å². The number of aromatic amines is 1. The Morgan fingerprint density at radius 3 is 2.74 bits per heavy atom. The van der Waals surface area contributed by atoms with Crippen molar-refractivity contribution in [3.8, 4) is 0 Å². The van der Waals surface area contributed by atoms with E-state index < -0.39 is 0 Å². The fraction of sp³-hybridized carbons (Fsp3) is 0.467. The van der Waals surface area contributed by atoms with Gasteiger partial charge in [-0.1, -0.05) is 18.2 Å². The first-order valence-corrected chi connectivity index (χ1v) is 6.86. The molecule has 0 radical (unpaired) electrons. The van der Waals surface area contributed by atoms with Gasteiger partial charge in [0.2, 0.25) is 0 Å². The molecule has 0 amide bonds. The van der Waals surface area contributed by atoms with Crippen molar-refractivity contribution in [3.63, 3.8) is 0 Å². The van der Waals surface area contributed by atoms with Crippen molar-refractivity contribution < 1.29 is 5.48 Å². The van der Waals surface area contributed by atoms with Gasteiger partial charge in [-0.25, -0.2) is 0 Å². The summed E-state index contributed by atoms with van der Waals surface area (Å²) in [6, 6.07) is 8.95. The second kappa shape index (κ2) is 6.19. The van der Waals surface area contributed by atoms with Crippen molar-refractivity contribution >= 4 is 10.9 Å². The van der Waals surface area contributed by atoms with E-state index >= 15 is 0 Å². The van der Waals surface area contributed by atoms with Crippen molar-refractivity contribution in [2.45, 2.75) is 25.3 Å². The van der Waals surface area contributed by atoms with E-state index in [-0.39, 0.29) is 5.48 Å².